The van der Waals surface area contributed by atoms with E-state index in [2.05, 4.69) is 16.2 Å². The van der Waals surface area contributed by atoms with Gasteiger partial charge in [-0.15, -0.1) is 0 Å². The zero-order chi connectivity index (χ0) is 18.2. The Bertz CT molecular complexity index is 819. The molecule has 2 amide bonds. The number of rotatable bonds is 3. The van der Waals surface area contributed by atoms with E-state index in [1.54, 1.807) is 36.4 Å². The Labute approximate surface area is 156 Å². The van der Waals surface area contributed by atoms with Gasteiger partial charge in [-0.25, -0.2) is 0 Å². The zero-order valence-electron chi connectivity index (χ0n) is 13.4. The first kappa shape index (κ1) is 18.6. The van der Waals surface area contributed by atoms with Gasteiger partial charge in [0, 0.05) is 16.7 Å². The van der Waals surface area contributed by atoms with Gasteiger partial charge in [0.2, 0.25) is 5.91 Å². The molecule has 0 aliphatic rings. The predicted molar refractivity (Wildman–Crippen MR) is 103 cm³/mol. The van der Waals surface area contributed by atoms with Gasteiger partial charge in [-0.1, -0.05) is 47.5 Å². The fourth-order valence-electron chi connectivity index (χ4n) is 1.85. The van der Waals surface area contributed by atoms with Crippen LogP contribution in [0.5, 0.6) is 0 Å². The number of carbonyl (C=O) groups excluding carboxylic acids is 2. The number of halogens is 1. The lowest BCUT2D eigenvalue weighted by Gasteiger charge is -2.09. The molecule has 5 nitrogen and oxygen atoms in total. The van der Waals surface area contributed by atoms with Crippen LogP contribution in [0.2, 0.25) is 5.02 Å². The van der Waals surface area contributed by atoms with E-state index >= 15 is 0 Å². The van der Waals surface area contributed by atoms with Crippen LogP contribution in [-0.4, -0.2) is 16.9 Å². The van der Waals surface area contributed by atoms with Gasteiger partial charge in [0.25, 0.3) is 5.91 Å². The third-order valence-corrected chi connectivity index (χ3v) is 3.71. The molecule has 2 aromatic rings. The predicted octanol–water partition coefficient (Wildman–Crippen LogP) is 3.00. The summed E-state index contributed by atoms with van der Waals surface area (Å²) in [7, 11) is 0. The van der Waals surface area contributed by atoms with Crippen molar-refractivity contribution in [3.05, 3.63) is 76.3 Å². The maximum absolute atomic E-state index is 11.9. The van der Waals surface area contributed by atoms with Crippen LogP contribution in [0.3, 0.4) is 0 Å². The number of carbonyl (C=O) groups is 2. The number of benzene rings is 2. The first-order valence-corrected chi connectivity index (χ1v) is 8.15. The van der Waals surface area contributed by atoms with Crippen molar-refractivity contribution in [1.29, 1.82) is 0 Å². The number of nitrogens with one attached hydrogen (secondary N) is 3. The second-order valence-electron chi connectivity index (χ2n) is 5.12. The summed E-state index contributed by atoms with van der Waals surface area (Å²) < 4.78 is 0. The van der Waals surface area contributed by atoms with Crippen molar-refractivity contribution in [2.24, 2.45) is 0 Å². The lowest BCUT2D eigenvalue weighted by atomic mass is 10.1. The van der Waals surface area contributed by atoms with Crippen molar-refractivity contribution < 1.29 is 9.59 Å². The minimum atomic E-state index is -0.443. The van der Waals surface area contributed by atoms with Crippen LogP contribution in [-0.2, 0) is 4.79 Å². The molecule has 0 radical (unpaired) electrons. The molecule has 0 fully saturated rings. The van der Waals surface area contributed by atoms with Crippen LogP contribution in [0.15, 0.2) is 54.6 Å². The molecular weight excluding hydrogens is 358 g/mol. The number of hydrogen-bond donors (Lipinski definition) is 3. The molecule has 0 bridgehead atoms. The maximum atomic E-state index is 11.9. The fourth-order valence-corrected chi connectivity index (χ4v) is 2.20. The molecule has 7 heteroatoms. The number of amides is 2. The summed E-state index contributed by atoms with van der Waals surface area (Å²) in [6.07, 6.45) is 2.88. The molecule has 25 heavy (non-hydrogen) atoms. The van der Waals surface area contributed by atoms with E-state index in [9.17, 15) is 9.59 Å². The van der Waals surface area contributed by atoms with Crippen molar-refractivity contribution in [2.75, 3.05) is 0 Å². The molecule has 2 aromatic carbocycles. The summed E-state index contributed by atoms with van der Waals surface area (Å²) in [6.45, 7) is 1.93. The van der Waals surface area contributed by atoms with E-state index in [-0.39, 0.29) is 11.0 Å². The standard InChI is InChI=1S/C18H16ClN3O2S/c1-12-6-8-14(9-7-12)17(24)21-22-18(25)20-16(23)11-10-13-4-2-3-5-15(13)19/h2-11H,1H3,(H,21,24)(H2,20,22,23,25). The Hall–Kier alpha value is -2.70. The number of hydrazine groups is 1. The van der Waals surface area contributed by atoms with Gasteiger partial charge in [0.15, 0.2) is 5.11 Å². The van der Waals surface area contributed by atoms with Gasteiger partial charge >= 0.3 is 0 Å². The Kier molecular flexibility index (Phi) is 6.68. The molecule has 0 heterocycles. The molecule has 0 atom stereocenters. The van der Waals surface area contributed by atoms with E-state index in [1.165, 1.54) is 6.08 Å². The highest BCUT2D eigenvalue weighted by molar-refractivity contribution is 7.80. The highest BCUT2D eigenvalue weighted by Gasteiger charge is 2.06. The molecule has 0 spiro atoms. The summed E-state index contributed by atoms with van der Waals surface area (Å²) in [5, 5.41) is 2.94. The average Bonchev–Trinajstić information content (AvgIpc) is 2.59. The normalized spacial score (nSPS) is 10.3. The van der Waals surface area contributed by atoms with Gasteiger partial charge in [-0.05, 0) is 49.0 Å². The summed E-state index contributed by atoms with van der Waals surface area (Å²) in [5.41, 5.74) is 7.14. The van der Waals surface area contributed by atoms with Crippen molar-refractivity contribution in [2.45, 2.75) is 6.92 Å². The van der Waals surface area contributed by atoms with Gasteiger partial charge in [0.05, 0.1) is 0 Å². The minimum absolute atomic E-state index is 0.0192. The second kappa shape index (κ2) is 8.96. The van der Waals surface area contributed by atoms with Gasteiger partial charge in [-0.3, -0.25) is 25.8 Å². The molecule has 0 aliphatic carbocycles. The van der Waals surface area contributed by atoms with E-state index in [0.29, 0.717) is 16.1 Å². The third kappa shape index (κ3) is 6.02. The zero-order valence-corrected chi connectivity index (χ0v) is 14.9. The third-order valence-electron chi connectivity index (χ3n) is 3.16. The molecule has 2 rings (SSSR count). The van der Waals surface area contributed by atoms with Crippen LogP contribution in [0.25, 0.3) is 6.08 Å². The van der Waals surface area contributed by atoms with Crippen LogP contribution in [0.1, 0.15) is 21.5 Å². The first-order valence-electron chi connectivity index (χ1n) is 7.36. The van der Waals surface area contributed by atoms with E-state index in [0.717, 1.165) is 5.56 Å². The summed E-state index contributed by atoms with van der Waals surface area (Å²) in [6, 6.07) is 14.2. The molecule has 0 unspecified atom stereocenters. The lowest BCUT2D eigenvalue weighted by molar-refractivity contribution is -0.115. The van der Waals surface area contributed by atoms with Crippen molar-refractivity contribution >= 4 is 46.8 Å². The van der Waals surface area contributed by atoms with E-state index in [4.69, 9.17) is 23.8 Å². The maximum Gasteiger partial charge on any atom is 0.269 e. The monoisotopic (exact) mass is 373 g/mol. The topological polar surface area (TPSA) is 70.2 Å². The molecule has 3 N–H and O–H groups in total. The smallest absolute Gasteiger partial charge is 0.269 e. The Balaban J connectivity index is 1.81. The quantitative estimate of drug-likeness (QED) is 0.439. The molecule has 128 valence electrons. The SMILES string of the molecule is Cc1ccc(C(=O)NNC(=S)NC(=O)C=Cc2ccccc2Cl)cc1. The van der Waals surface area contributed by atoms with Crippen LogP contribution in [0.4, 0.5) is 0 Å². The van der Waals surface area contributed by atoms with E-state index in [1.807, 2.05) is 25.1 Å². The highest BCUT2D eigenvalue weighted by atomic mass is 35.5. The van der Waals surface area contributed by atoms with Crippen LogP contribution >= 0.6 is 23.8 Å². The first-order chi connectivity index (χ1) is 12.0. The van der Waals surface area contributed by atoms with Gasteiger partial charge in [-0.2, -0.15) is 0 Å². The fraction of sp³-hybridized carbons (Fsp3) is 0.0556. The number of aryl methyl sites for hydroxylation is 1. The lowest BCUT2D eigenvalue weighted by Crippen LogP contribution is -2.48. The molecule has 0 aliphatic heterocycles. The summed E-state index contributed by atoms with van der Waals surface area (Å²) in [5.74, 6) is -0.801. The van der Waals surface area contributed by atoms with Crippen molar-refractivity contribution in [3.8, 4) is 0 Å². The Morgan fingerprint density at radius 1 is 1.04 bits per heavy atom. The molecule has 0 saturated heterocycles. The minimum Gasteiger partial charge on any atom is -0.298 e. The van der Waals surface area contributed by atoms with Crippen molar-refractivity contribution in [1.82, 2.24) is 16.2 Å². The van der Waals surface area contributed by atoms with E-state index < -0.39 is 5.91 Å². The largest absolute Gasteiger partial charge is 0.298 e. The van der Waals surface area contributed by atoms with Gasteiger partial charge < -0.3 is 0 Å². The number of hydrogen-bond acceptors (Lipinski definition) is 3. The Morgan fingerprint density at radius 3 is 2.40 bits per heavy atom. The number of thiocarbonyl (C=S) groups is 1. The van der Waals surface area contributed by atoms with Crippen LogP contribution < -0.4 is 16.2 Å². The second-order valence-corrected chi connectivity index (χ2v) is 5.93. The highest BCUT2D eigenvalue weighted by Crippen LogP contribution is 2.15. The van der Waals surface area contributed by atoms with Crippen LogP contribution in [0, 0.1) is 6.92 Å². The molecule has 0 aromatic heterocycles. The summed E-state index contributed by atoms with van der Waals surface area (Å²) >= 11 is 11.0. The summed E-state index contributed by atoms with van der Waals surface area (Å²) in [4.78, 5) is 23.7. The van der Waals surface area contributed by atoms with Crippen molar-refractivity contribution in [3.63, 3.8) is 0 Å². The average molecular weight is 374 g/mol. The van der Waals surface area contributed by atoms with Gasteiger partial charge in [0.1, 0.15) is 0 Å². The Morgan fingerprint density at radius 2 is 1.72 bits per heavy atom. The molecule has 0 saturated carbocycles. The molecular formula is C18H16ClN3O2S.